The Kier molecular flexibility index (Phi) is 8.28. The number of hydrogen-bond acceptors (Lipinski definition) is 4. The van der Waals surface area contributed by atoms with Crippen LogP contribution in [-0.4, -0.2) is 43.7 Å². The second kappa shape index (κ2) is 10.9. The first-order valence-electron chi connectivity index (χ1n) is 10.7. The molecule has 1 aliphatic heterocycles. The number of hydrogen-bond donors (Lipinski definition) is 2. The van der Waals surface area contributed by atoms with Crippen LogP contribution in [0.4, 0.5) is 5.69 Å². The zero-order valence-electron chi connectivity index (χ0n) is 18.0. The van der Waals surface area contributed by atoms with Gasteiger partial charge in [0.2, 0.25) is 15.9 Å². The normalized spacial score (nSPS) is 17.0. The lowest BCUT2D eigenvalue weighted by Gasteiger charge is -2.32. The molecule has 0 radical (unpaired) electrons. The lowest BCUT2D eigenvalue weighted by molar-refractivity contribution is -0.116. The second-order valence-corrected chi connectivity index (χ2v) is 10.2. The first-order chi connectivity index (χ1) is 15.3. The third-order valence-corrected chi connectivity index (χ3v) is 7.70. The topological polar surface area (TPSA) is 95.6 Å². The van der Waals surface area contributed by atoms with Crippen molar-refractivity contribution in [1.82, 2.24) is 9.62 Å². The fraction of sp³-hybridized carbons (Fsp3) is 0.391. The molecule has 1 heterocycles. The molecule has 0 aromatic heterocycles. The van der Waals surface area contributed by atoms with Gasteiger partial charge in [-0.05, 0) is 68.7 Å². The molecule has 32 heavy (non-hydrogen) atoms. The number of sulfonamides is 1. The van der Waals surface area contributed by atoms with Crippen molar-refractivity contribution < 1.29 is 18.0 Å². The van der Waals surface area contributed by atoms with E-state index in [2.05, 4.69) is 10.6 Å². The van der Waals surface area contributed by atoms with Crippen LogP contribution in [-0.2, 0) is 14.8 Å². The molecule has 0 saturated carbocycles. The number of carbonyl (C=O) groups is 2. The van der Waals surface area contributed by atoms with Crippen molar-refractivity contribution in [2.75, 3.05) is 18.4 Å². The predicted molar refractivity (Wildman–Crippen MR) is 125 cm³/mol. The summed E-state index contributed by atoms with van der Waals surface area (Å²) in [6.45, 7) is 2.71. The van der Waals surface area contributed by atoms with Gasteiger partial charge in [0.15, 0.2) is 0 Å². The van der Waals surface area contributed by atoms with Gasteiger partial charge < -0.3 is 10.6 Å². The van der Waals surface area contributed by atoms with Crippen molar-refractivity contribution in [3.8, 4) is 0 Å². The molecular formula is C23H28ClN3O4S. The van der Waals surface area contributed by atoms with Crippen molar-refractivity contribution in [2.45, 2.75) is 50.0 Å². The highest BCUT2D eigenvalue weighted by Gasteiger charge is 2.31. The van der Waals surface area contributed by atoms with Crippen LogP contribution in [0, 0.1) is 0 Å². The van der Waals surface area contributed by atoms with Crippen molar-refractivity contribution in [3.63, 3.8) is 0 Å². The maximum Gasteiger partial charge on any atom is 0.251 e. The van der Waals surface area contributed by atoms with Crippen LogP contribution < -0.4 is 10.6 Å². The van der Waals surface area contributed by atoms with Crippen molar-refractivity contribution in [1.29, 1.82) is 0 Å². The van der Waals surface area contributed by atoms with E-state index in [9.17, 15) is 18.0 Å². The van der Waals surface area contributed by atoms with Gasteiger partial charge in [-0.3, -0.25) is 9.59 Å². The van der Waals surface area contributed by atoms with Gasteiger partial charge in [-0.1, -0.05) is 24.1 Å². The molecule has 172 valence electrons. The SMILES string of the molecule is CC1CCCCN1S(=O)(=O)c1cccc(C(=O)NCCCC(=O)Nc2ccc(Cl)cc2)c1. The number of carbonyl (C=O) groups excluding carboxylic acids is 2. The number of nitrogens with one attached hydrogen (secondary N) is 2. The van der Waals surface area contributed by atoms with Crippen LogP contribution in [0.5, 0.6) is 0 Å². The zero-order valence-corrected chi connectivity index (χ0v) is 19.6. The van der Waals surface area contributed by atoms with E-state index in [-0.39, 0.29) is 34.7 Å². The Bertz CT molecular complexity index is 1060. The Labute approximate surface area is 194 Å². The molecule has 7 nitrogen and oxygen atoms in total. The monoisotopic (exact) mass is 477 g/mol. The van der Waals surface area contributed by atoms with Gasteiger partial charge in [0.25, 0.3) is 5.91 Å². The molecule has 0 aliphatic carbocycles. The van der Waals surface area contributed by atoms with Gasteiger partial charge in [-0.15, -0.1) is 0 Å². The summed E-state index contributed by atoms with van der Waals surface area (Å²) in [5.41, 5.74) is 0.936. The fourth-order valence-electron chi connectivity index (χ4n) is 3.67. The fourth-order valence-corrected chi connectivity index (χ4v) is 5.54. The molecule has 1 unspecified atom stereocenters. The number of nitrogens with zero attached hydrogens (tertiary/aromatic N) is 1. The number of anilines is 1. The minimum absolute atomic E-state index is 0.0507. The molecule has 1 atom stereocenters. The molecule has 2 amide bonds. The van der Waals surface area contributed by atoms with Crippen LogP contribution in [0.1, 0.15) is 49.4 Å². The van der Waals surface area contributed by atoms with Crippen molar-refractivity contribution >= 4 is 39.1 Å². The highest BCUT2D eigenvalue weighted by Crippen LogP contribution is 2.25. The number of amides is 2. The largest absolute Gasteiger partial charge is 0.352 e. The van der Waals surface area contributed by atoms with Gasteiger partial charge >= 0.3 is 0 Å². The molecule has 1 saturated heterocycles. The average molecular weight is 478 g/mol. The van der Waals surface area contributed by atoms with Crippen molar-refractivity contribution in [2.24, 2.45) is 0 Å². The van der Waals surface area contributed by atoms with Gasteiger partial charge in [0.05, 0.1) is 4.90 Å². The van der Waals surface area contributed by atoms with Crippen LogP contribution in [0.2, 0.25) is 5.02 Å². The Balaban J connectivity index is 1.51. The average Bonchev–Trinajstić information content (AvgIpc) is 2.78. The molecule has 0 spiro atoms. The van der Waals surface area contributed by atoms with E-state index in [1.165, 1.54) is 16.4 Å². The highest BCUT2D eigenvalue weighted by molar-refractivity contribution is 7.89. The third kappa shape index (κ3) is 6.31. The smallest absolute Gasteiger partial charge is 0.251 e. The quantitative estimate of drug-likeness (QED) is 0.560. The summed E-state index contributed by atoms with van der Waals surface area (Å²) in [4.78, 5) is 24.6. The molecule has 9 heteroatoms. The second-order valence-electron chi connectivity index (χ2n) is 7.90. The van der Waals surface area contributed by atoms with Crippen LogP contribution in [0.25, 0.3) is 0 Å². The Hall–Kier alpha value is -2.42. The number of piperidine rings is 1. The van der Waals surface area contributed by atoms with E-state index in [1.54, 1.807) is 36.4 Å². The van der Waals surface area contributed by atoms with E-state index in [1.807, 2.05) is 6.92 Å². The number of halogens is 1. The summed E-state index contributed by atoms with van der Waals surface area (Å²) in [6.07, 6.45) is 3.40. The van der Waals surface area contributed by atoms with E-state index in [4.69, 9.17) is 11.6 Å². The maximum atomic E-state index is 13.0. The Morgan fingerprint density at radius 3 is 2.59 bits per heavy atom. The molecule has 0 bridgehead atoms. The van der Waals surface area contributed by atoms with Crippen LogP contribution >= 0.6 is 11.6 Å². The molecule has 1 fully saturated rings. The summed E-state index contributed by atoms with van der Waals surface area (Å²) in [6, 6.07) is 12.9. The van der Waals surface area contributed by atoms with Gasteiger partial charge in [0, 0.05) is 41.8 Å². The highest BCUT2D eigenvalue weighted by atomic mass is 35.5. The van der Waals surface area contributed by atoms with Crippen LogP contribution in [0.15, 0.2) is 53.4 Å². The summed E-state index contributed by atoms with van der Waals surface area (Å²) >= 11 is 5.82. The summed E-state index contributed by atoms with van der Waals surface area (Å²) in [5.74, 6) is -0.530. The molecular weight excluding hydrogens is 450 g/mol. The van der Waals surface area contributed by atoms with E-state index in [0.717, 1.165) is 19.3 Å². The van der Waals surface area contributed by atoms with Gasteiger partial charge in [-0.25, -0.2) is 8.42 Å². The third-order valence-electron chi connectivity index (χ3n) is 5.44. The number of benzene rings is 2. The minimum atomic E-state index is -3.64. The molecule has 2 N–H and O–H groups in total. The first kappa shape index (κ1) is 24.2. The first-order valence-corrected chi connectivity index (χ1v) is 12.5. The molecule has 3 rings (SSSR count). The van der Waals surface area contributed by atoms with Crippen LogP contribution in [0.3, 0.4) is 0 Å². The molecule has 1 aliphatic rings. The Morgan fingerprint density at radius 1 is 1.12 bits per heavy atom. The van der Waals surface area contributed by atoms with E-state index in [0.29, 0.717) is 30.2 Å². The predicted octanol–water partition coefficient (Wildman–Crippen LogP) is 4.05. The summed E-state index contributed by atoms with van der Waals surface area (Å²) < 4.78 is 27.6. The summed E-state index contributed by atoms with van der Waals surface area (Å²) in [7, 11) is -3.64. The van der Waals surface area contributed by atoms with Gasteiger partial charge in [-0.2, -0.15) is 4.31 Å². The zero-order chi connectivity index (χ0) is 23.1. The summed E-state index contributed by atoms with van der Waals surface area (Å²) in [5, 5.41) is 6.10. The lowest BCUT2D eigenvalue weighted by atomic mass is 10.1. The minimum Gasteiger partial charge on any atom is -0.352 e. The van der Waals surface area contributed by atoms with E-state index >= 15 is 0 Å². The molecule has 2 aromatic rings. The van der Waals surface area contributed by atoms with Crippen molar-refractivity contribution in [3.05, 3.63) is 59.1 Å². The van der Waals surface area contributed by atoms with Gasteiger partial charge in [0.1, 0.15) is 0 Å². The maximum absolute atomic E-state index is 13.0. The Morgan fingerprint density at radius 2 is 1.88 bits per heavy atom. The molecule has 2 aromatic carbocycles. The standard InChI is InChI=1S/C23H28ClN3O4S/c1-17-6-2-3-15-27(17)32(30,31)21-8-4-7-18(16-21)23(29)25-14-5-9-22(28)26-20-12-10-19(24)11-13-20/h4,7-8,10-13,16-17H,2-3,5-6,9,14-15H2,1H3,(H,25,29)(H,26,28). The van der Waals surface area contributed by atoms with E-state index < -0.39 is 10.0 Å². The number of rotatable bonds is 8. The lowest BCUT2D eigenvalue weighted by Crippen LogP contribution is -2.42.